The van der Waals surface area contributed by atoms with E-state index in [1.807, 2.05) is 24.3 Å². The number of halogens is 2. The Kier molecular flexibility index (Phi) is 7.31. The minimum Gasteiger partial charge on any atom is -0.298 e. The number of ketones is 1. The lowest BCUT2D eigenvalue weighted by atomic mass is 9.96. The number of rotatable bonds is 7. The highest BCUT2D eigenvalue weighted by Crippen LogP contribution is 2.31. The molecule has 0 radical (unpaired) electrons. The summed E-state index contributed by atoms with van der Waals surface area (Å²) in [6.07, 6.45) is 1.60. The van der Waals surface area contributed by atoms with E-state index in [0.717, 1.165) is 42.6 Å². The van der Waals surface area contributed by atoms with Crippen molar-refractivity contribution in [1.82, 2.24) is 9.80 Å². The molecule has 5 heteroatoms. The second-order valence-corrected chi connectivity index (χ2v) is 7.98. The second kappa shape index (κ2) is 9.70. The van der Waals surface area contributed by atoms with E-state index in [2.05, 4.69) is 41.0 Å². The van der Waals surface area contributed by atoms with E-state index in [1.54, 1.807) is 0 Å². The number of Topliss-reactive ketones (excluding diaryl/α,β-unsaturated/α-hetero) is 1. The third kappa shape index (κ3) is 5.55. The Labute approximate surface area is 171 Å². The van der Waals surface area contributed by atoms with Crippen LogP contribution in [-0.2, 0) is 4.79 Å². The molecule has 1 fully saturated rings. The topological polar surface area (TPSA) is 23.6 Å². The van der Waals surface area contributed by atoms with Gasteiger partial charge in [0.2, 0.25) is 0 Å². The lowest BCUT2D eigenvalue weighted by Crippen LogP contribution is -2.49. The van der Waals surface area contributed by atoms with Crippen LogP contribution >= 0.6 is 23.2 Å². The smallest absolute Gasteiger partial charge is 0.146 e. The van der Waals surface area contributed by atoms with Gasteiger partial charge >= 0.3 is 0 Å². The maximum atomic E-state index is 12.0. The van der Waals surface area contributed by atoms with Crippen LogP contribution in [0, 0.1) is 0 Å². The van der Waals surface area contributed by atoms with Crippen molar-refractivity contribution in [3.05, 3.63) is 69.7 Å². The van der Waals surface area contributed by atoms with Crippen molar-refractivity contribution in [2.45, 2.75) is 25.8 Å². The van der Waals surface area contributed by atoms with Gasteiger partial charge in [-0.15, -0.1) is 0 Å². The Morgan fingerprint density at radius 2 is 1.37 bits per heavy atom. The molecule has 0 aliphatic carbocycles. The quantitative estimate of drug-likeness (QED) is 0.643. The van der Waals surface area contributed by atoms with Crippen molar-refractivity contribution in [2.24, 2.45) is 0 Å². The molecule has 0 unspecified atom stereocenters. The van der Waals surface area contributed by atoms with Crippen LogP contribution in [0.3, 0.4) is 0 Å². The summed E-state index contributed by atoms with van der Waals surface area (Å²) in [5.74, 6) is 0.345. The van der Waals surface area contributed by atoms with E-state index >= 15 is 0 Å². The molecule has 0 spiro atoms. The van der Waals surface area contributed by atoms with Crippen molar-refractivity contribution < 1.29 is 4.79 Å². The van der Waals surface area contributed by atoms with Crippen LogP contribution < -0.4 is 0 Å². The molecule has 1 saturated heterocycles. The third-order valence-corrected chi connectivity index (χ3v) is 5.58. The van der Waals surface area contributed by atoms with Crippen LogP contribution in [0.1, 0.15) is 36.9 Å². The van der Waals surface area contributed by atoms with Crippen molar-refractivity contribution in [2.75, 3.05) is 32.7 Å². The maximum Gasteiger partial charge on any atom is 0.146 e. The van der Waals surface area contributed by atoms with Crippen LogP contribution in [0.2, 0.25) is 10.0 Å². The van der Waals surface area contributed by atoms with Crippen molar-refractivity contribution in [3.8, 4) is 0 Å². The van der Waals surface area contributed by atoms with E-state index < -0.39 is 0 Å². The van der Waals surface area contributed by atoms with E-state index in [0.29, 0.717) is 18.7 Å². The molecule has 0 bridgehead atoms. The first-order valence-corrected chi connectivity index (χ1v) is 10.3. The molecule has 0 saturated carbocycles. The maximum absolute atomic E-state index is 12.0. The highest BCUT2D eigenvalue weighted by molar-refractivity contribution is 6.30. The highest BCUT2D eigenvalue weighted by Gasteiger charge is 2.27. The predicted molar refractivity (Wildman–Crippen MR) is 113 cm³/mol. The lowest BCUT2D eigenvalue weighted by molar-refractivity contribution is -0.120. The van der Waals surface area contributed by atoms with Gasteiger partial charge in [-0.05, 0) is 41.8 Å². The van der Waals surface area contributed by atoms with Gasteiger partial charge < -0.3 is 0 Å². The minimum atomic E-state index is 0.160. The van der Waals surface area contributed by atoms with Crippen molar-refractivity contribution >= 4 is 29.0 Å². The van der Waals surface area contributed by atoms with Crippen LogP contribution in [0.4, 0.5) is 0 Å². The molecule has 1 aliphatic rings. The van der Waals surface area contributed by atoms with Crippen LogP contribution in [0.15, 0.2) is 48.5 Å². The van der Waals surface area contributed by atoms with E-state index in [9.17, 15) is 4.79 Å². The zero-order chi connectivity index (χ0) is 19.2. The zero-order valence-corrected chi connectivity index (χ0v) is 17.2. The van der Waals surface area contributed by atoms with Gasteiger partial charge in [-0.1, -0.05) is 54.4 Å². The van der Waals surface area contributed by atoms with Gasteiger partial charge in [-0.3, -0.25) is 14.6 Å². The Morgan fingerprint density at radius 3 is 1.81 bits per heavy atom. The van der Waals surface area contributed by atoms with Gasteiger partial charge in [0, 0.05) is 42.6 Å². The summed E-state index contributed by atoms with van der Waals surface area (Å²) in [7, 11) is 0. The molecule has 27 heavy (non-hydrogen) atoms. The first kappa shape index (κ1) is 20.3. The Bertz CT molecular complexity index is 692. The van der Waals surface area contributed by atoms with Gasteiger partial charge in [-0.2, -0.15) is 0 Å². The molecule has 0 aromatic heterocycles. The molecule has 0 amide bonds. The fourth-order valence-corrected chi connectivity index (χ4v) is 3.94. The molecule has 144 valence electrons. The Balaban J connectivity index is 1.75. The number of nitrogens with zero attached hydrogens (tertiary/aromatic N) is 2. The van der Waals surface area contributed by atoms with Crippen LogP contribution in [0.5, 0.6) is 0 Å². The monoisotopic (exact) mass is 404 g/mol. The third-order valence-electron chi connectivity index (χ3n) is 5.07. The fourth-order valence-electron chi connectivity index (χ4n) is 3.69. The molecule has 1 heterocycles. The van der Waals surface area contributed by atoms with Crippen LogP contribution in [-0.4, -0.2) is 48.3 Å². The summed E-state index contributed by atoms with van der Waals surface area (Å²) in [4.78, 5) is 16.7. The molecule has 3 nitrogen and oxygen atoms in total. The summed E-state index contributed by atoms with van der Waals surface area (Å²) in [6.45, 7) is 6.30. The zero-order valence-electron chi connectivity index (χ0n) is 15.7. The molecule has 2 aromatic rings. The first-order valence-electron chi connectivity index (χ1n) is 9.56. The summed E-state index contributed by atoms with van der Waals surface area (Å²) in [6, 6.07) is 16.3. The summed E-state index contributed by atoms with van der Waals surface area (Å²) < 4.78 is 0. The average molecular weight is 405 g/mol. The average Bonchev–Trinajstić information content (AvgIpc) is 2.66. The van der Waals surface area contributed by atoms with Crippen molar-refractivity contribution in [1.29, 1.82) is 0 Å². The van der Waals surface area contributed by atoms with Crippen molar-refractivity contribution in [3.63, 3.8) is 0 Å². The molecular weight excluding hydrogens is 379 g/mol. The number of hydrogen-bond donors (Lipinski definition) is 0. The normalized spacial score (nSPS) is 16.0. The molecule has 0 N–H and O–H groups in total. The number of benzene rings is 2. The van der Waals surface area contributed by atoms with E-state index in [-0.39, 0.29) is 6.04 Å². The largest absolute Gasteiger partial charge is 0.298 e. The van der Waals surface area contributed by atoms with Gasteiger partial charge in [0.25, 0.3) is 0 Å². The van der Waals surface area contributed by atoms with Gasteiger partial charge in [0.1, 0.15) is 5.78 Å². The molecule has 0 atom stereocenters. The van der Waals surface area contributed by atoms with E-state index in [4.69, 9.17) is 23.2 Å². The van der Waals surface area contributed by atoms with E-state index in [1.165, 1.54) is 11.1 Å². The lowest BCUT2D eigenvalue weighted by Gasteiger charge is -2.39. The standard InChI is InChI=1S/C22H26Cl2N2O/c1-2-3-21(27)16-25-12-14-26(15-13-25)22(17-4-8-19(23)9-5-17)18-6-10-20(24)11-7-18/h4-11,22H,2-3,12-16H2,1H3. The number of hydrogen-bond acceptors (Lipinski definition) is 3. The summed E-state index contributed by atoms with van der Waals surface area (Å²) in [5.41, 5.74) is 2.44. The summed E-state index contributed by atoms with van der Waals surface area (Å²) >= 11 is 12.2. The minimum absolute atomic E-state index is 0.160. The predicted octanol–water partition coefficient (Wildman–Crippen LogP) is 5.07. The number of carbonyl (C=O) groups is 1. The van der Waals surface area contributed by atoms with Gasteiger partial charge in [-0.25, -0.2) is 0 Å². The van der Waals surface area contributed by atoms with Gasteiger partial charge in [0.05, 0.1) is 12.6 Å². The van der Waals surface area contributed by atoms with Crippen LogP contribution in [0.25, 0.3) is 0 Å². The number of piperazine rings is 1. The fraction of sp³-hybridized carbons (Fsp3) is 0.409. The SMILES string of the molecule is CCCC(=O)CN1CCN(C(c2ccc(Cl)cc2)c2ccc(Cl)cc2)CC1. The van der Waals surface area contributed by atoms with Gasteiger partial charge in [0.15, 0.2) is 0 Å². The number of carbonyl (C=O) groups excluding carboxylic acids is 1. The summed E-state index contributed by atoms with van der Waals surface area (Å²) in [5, 5.41) is 1.49. The Morgan fingerprint density at radius 1 is 0.889 bits per heavy atom. The molecule has 1 aliphatic heterocycles. The highest BCUT2D eigenvalue weighted by atomic mass is 35.5. The molecule has 2 aromatic carbocycles. The molecular formula is C22H26Cl2N2O. The molecule has 3 rings (SSSR count). The second-order valence-electron chi connectivity index (χ2n) is 7.11. The Hall–Kier alpha value is -1.39. The first-order chi connectivity index (χ1) is 13.1.